The lowest BCUT2D eigenvalue weighted by Crippen LogP contribution is -2.06. The van der Waals surface area contributed by atoms with Crippen molar-refractivity contribution in [2.45, 2.75) is 27.0 Å². The maximum absolute atomic E-state index is 5.72. The highest BCUT2D eigenvalue weighted by Crippen LogP contribution is 2.17. The van der Waals surface area contributed by atoms with Crippen molar-refractivity contribution >= 4 is 15.9 Å². The first kappa shape index (κ1) is 12.2. The van der Waals surface area contributed by atoms with E-state index in [0.717, 1.165) is 28.2 Å². The van der Waals surface area contributed by atoms with Crippen LogP contribution in [0.15, 0.2) is 34.8 Å². The van der Waals surface area contributed by atoms with Gasteiger partial charge in [-0.3, -0.25) is 4.68 Å². The summed E-state index contributed by atoms with van der Waals surface area (Å²) in [7, 11) is 0. The van der Waals surface area contributed by atoms with Crippen LogP contribution >= 0.6 is 15.9 Å². The summed E-state index contributed by atoms with van der Waals surface area (Å²) in [4.78, 5) is 0. The molecular formula is C13H15BrN2O. The Labute approximate surface area is 110 Å². The van der Waals surface area contributed by atoms with Gasteiger partial charge in [-0.1, -0.05) is 15.9 Å². The number of halogens is 1. The van der Waals surface area contributed by atoms with Crippen LogP contribution in [-0.2, 0) is 13.2 Å². The van der Waals surface area contributed by atoms with E-state index in [1.54, 1.807) is 0 Å². The van der Waals surface area contributed by atoms with E-state index in [2.05, 4.69) is 34.0 Å². The van der Waals surface area contributed by atoms with E-state index in [9.17, 15) is 0 Å². The molecule has 0 aliphatic heterocycles. The number of aryl methyl sites for hydroxylation is 2. The molecule has 1 aromatic heterocycles. The molecule has 1 aromatic carbocycles. The lowest BCUT2D eigenvalue weighted by molar-refractivity contribution is 0.292. The summed E-state index contributed by atoms with van der Waals surface area (Å²) < 4.78 is 8.74. The van der Waals surface area contributed by atoms with Crippen molar-refractivity contribution < 1.29 is 4.74 Å². The normalized spacial score (nSPS) is 10.5. The van der Waals surface area contributed by atoms with E-state index < -0.39 is 0 Å². The van der Waals surface area contributed by atoms with E-state index in [4.69, 9.17) is 4.74 Å². The summed E-state index contributed by atoms with van der Waals surface area (Å²) in [5.74, 6) is 0.870. The molecule has 0 N–H and O–H groups in total. The first-order valence-corrected chi connectivity index (χ1v) is 6.40. The molecular weight excluding hydrogens is 280 g/mol. The van der Waals surface area contributed by atoms with Gasteiger partial charge >= 0.3 is 0 Å². The van der Waals surface area contributed by atoms with Crippen LogP contribution in [0, 0.1) is 6.92 Å². The summed E-state index contributed by atoms with van der Waals surface area (Å²) in [6.45, 7) is 5.49. The van der Waals surface area contributed by atoms with Crippen LogP contribution in [0.4, 0.5) is 0 Å². The molecule has 0 saturated carbocycles. The van der Waals surface area contributed by atoms with Crippen LogP contribution in [0.2, 0.25) is 0 Å². The van der Waals surface area contributed by atoms with E-state index >= 15 is 0 Å². The molecule has 3 nitrogen and oxygen atoms in total. The molecule has 90 valence electrons. The third-order valence-electron chi connectivity index (χ3n) is 2.49. The van der Waals surface area contributed by atoms with Crippen LogP contribution < -0.4 is 4.74 Å². The lowest BCUT2D eigenvalue weighted by atomic mass is 10.3. The molecule has 0 saturated heterocycles. The number of ether oxygens (including phenoxy) is 1. The highest BCUT2D eigenvalue weighted by Gasteiger charge is 2.04. The van der Waals surface area contributed by atoms with Crippen molar-refractivity contribution in [2.24, 2.45) is 0 Å². The number of aromatic nitrogens is 2. The highest BCUT2D eigenvalue weighted by atomic mass is 79.9. The van der Waals surface area contributed by atoms with Gasteiger partial charge in [-0.25, -0.2) is 0 Å². The van der Waals surface area contributed by atoms with Gasteiger partial charge in [-0.15, -0.1) is 0 Å². The second-order valence-electron chi connectivity index (χ2n) is 3.84. The largest absolute Gasteiger partial charge is 0.487 e. The van der Waals surface area contributed by atoms with Crippen LogP contribution in [0.3, 0.4) is 0 Å². The molecule has 0 spiro atoms. The number of rotatable bonds is 4. The van der Waals surface area contributed by atoms with Gasteiger partial charge in [0, 0.05) is 11.0 Å². The van der Waals surface area contributed by atoms with Crippen molar-refractivity contribution in [3.05, 3.63) is 46.2 Å². The second kappa shape index (κ2) is 5.36. The van der Waals surface area contributed by atoms with Crippen molar-refractivity contribution in [2.75, 3.05) is 0 Å². The minimum atomic E-state index is 0.552. The SMILES string of the molecule is CCn1nc(C)cc1COc1ccc(Br)cc1. The summed E-state index contributed by atoms with van der Waals surface area (Å²) in [5, 5.41) is 4.38. The minimum Gasteiger partial charge on any atom is -0.487 e. The maximum atomic E-state index is 5.72. The topological polar surface area (TPSA) is 27.1 Å². The summed E-state index contributed by atoms with van der Waals surface area (Å²) in [6, 6.07) is 9.89. The molecule has 0 amide bonds. The molecule has 17 heavy (non-hydrogen) atoms. The third-order valence-corrected chi connectivity index (χ3v) is 3.01. The molecule has 1 heterocycles. The Morgan fingerprint density at radius 2 is 2.00 bits per heavy atom. The van der Waals surface area contributed by atoms with Crippen LogP contribution in [0.1, 0.15) is 18.3 Å². The van der Waals surface area contributed by atoms with E-state index in [-0.39, 0.29) is 0 Å². The Kier molecular flexibility index (Phi) is 3.84. The summed E-state index contributed by atoms with van der Waals surface area (Å²) in [5.41, 5.74) is 2.13. The Morgan fingerprint density at radius 3 is 2.65 bits per heavy atom. The smallest absolute Gasteiger partial charge is 0.130 e. The number of hydrogen-bond donors (Lipinski definition) is 0. The molecule has 2 aromatic rings. The zero-order chi connectivity index (χ0) is 12.3. The van der Waals surface area contributed by atoms with Gasteiger partial charge in [0.1, 0.15) is 12.4 Å². The summed E-state index contributed by atoms with van der Waals surface area (Å²) >= 11 is 3.40. The van der Waals surface area contributed by atoms with Gasteiger partial charge in [-0.2, -0.15) is 5.10 Å². The minimum absolute atomic E-state index is 0.552. The van der Waals surface area contributed by atoms with Crippen molar-refractivity contribution in [3.63, 3.8) is 0 Å². The fourth-order valence-corrected chi connectivity index (χ4v) is 1.94. The molecule has 0 aliphatic rings. The van der Waals surface area contributed by atoms with Gasteiger partial charge in [0.2, 0.25) is 0 Å². The van der Waals surface area contributed by atoms with E-state index in [1.807, 2.05) is 35.9 Å². The monoisotopic (exact) mass is 294 g/mol. The zero-order valence-corrected chi connectivity index (χ0v) is 11.6. The maximum Gasteiger partial charge on any atom is 0.130 e. The van der Waals surface area contributed by atoms with Crippen molar-refractivity contribution in [1.29, 1.82) is 0 Å². The molecule has 0 unspecified atom stereocenters. The Hall–Kier alpha value is -1.29. The third kappa shape index (κ3) is 3.09. The first-order chi connectivity index (χ1) is 8.19. The fraction of sp³-hybridized carbons (Fsp3) is 0.308. The molecule has 2 rings (SSSR count). The molecule has 0 bridgehead atoms. The van der Waals surface area contributed by atoms with Gasteiger partial charge in [0.05, 0.1) is 11.4 Å². The van der Waals surface area contributed by atoms with Crippen molar-refractivity contribution in [1.82, 2.24) is 9.78 Å². The van der Waals surface area contributed by atoms with E-state index in [1.165, 1.54) is 0 Å². The standard InChI is InChI=1S/C13H15BrN2O/c1-3-16-12(8-10(2)15-16)9-17-13-6-4-11(14)5-7-13/h4-8H,3,9H2,1-2H3. The molecule has 0 atom stereocenters. The Balaban J connectivity index is 2.04. The lowest BCUT2D eigenvalue weighted by Gasteiger charge is -2.07. The number of nitrogens with zero attached hydrogens (tertiary/aromatic N) is 2. The Morgan fingerprint density at radius 1 is 1.29 bits per heavy atom. The fourth-order valence-electron chi connectivity index (χ4n) is 1.68. The Bertz CT molecular complexity index is 491. The number of benzene rings is 1. The van der Waals surface area contributed by atoms with Crippen molar-refractivity contribution in [3.8, 4) is 5.75 Å². The van der Waals surface area contributed by atoms with Gasteiger partial charge in [0.15, 0.2) is 0 Å². The zero-order valence-electron chi connectivity index (χ0n) is 9.98. The summed E-state index contributed by atoms with van der Waals surface area (Å²) in [6.07, 6.45) is 0. The van der Waals surface area contributed by atoms with Gasteiger partial charge in [0.25, 0.3) is 0 Å². The predicted octanol–water partition coefficient (Wildman–Crippen LogP) is 3.55. The molecule has 4 heteroatoms. The van der Waals surface area contributed by atoms with Crippen LogP contribution in [0.5, 0.6) is 5.75 Å². The van der Waals surface area contributed by atoms with E-state index in [0.29, 0.717) is 6.61 Å². The quantitative estimate of drug-likeness (QED) is 0.862. The molecule has 0 fully saturated rings. The number of hydrogen-bond acceptors (Lipinski definition) is 2. The highest BCUT2D eigenvalue weighted by molar-refractivity contribution is 9.10. The second-order valence-corrected chi connectivity index (χ2v) is 4.75. The van der Waals surface area contributed by atoms with Gasteiger partial charge < -0.3 is 4.74 Å². The molecule has 0 aliphatic carbocycles. The van der Waals surface area contributed by atoms with Crippen LogP contribution in [-0.4, -0.2) is 9.78 Å². The predicted molar refractivity (Wildman–Crippen MR) is 71.1 cm³/mol. The van der Waals surface area contributed by atoms with Crippen LogP contribution in [0.25, 0.3) is 0 Å². The van der Waals surface area contributed by atoms with Gasteiger partial charge in [-0.05, 0) is 44.2 Å². The average molecular weight is 295 g/mol. The average Bonchev–Trinajstić information content (AvgIpc) is 2.69. The molecule has 0 radical (unpaired) electrons. The first-order valence-electron chi connectivity index (χ1n) is 5.60.